The maximum atomic E-state index is 12.1. The van der Waals surface area contributed by atoms with E-state index in [4.69, 9.17) is 10.5 Å². The van der Waals surface area contributed by atoms with E-state index in [2.05, 4.69) is 5.32 Å². The smallest absolute Gasteiger partial charge is 0.259 e. The molecule has 110 valence electrons. The second-order valence-electron chi connectivity index (χ2n) is 4.64. The van der Waals surface area contributed by atoms with Crippen LogP contribution in [0.25, 0.3) is 0 Å². The van der Waals surface area contributed by atoms with Crippen LogP contribution in [0.5, 0.6) is 11.5 Å². The van der Waals surface area contributed by atoms with Crippen LogP contribution in [0.15, 0.2) is 42.5 Å². The largest absolute Gasteiger partial charge is 0.507 e. The molecule has 0 saturated carbocycles. The second-order valence-corrected chi connectivity index (χ2v) is 4.64. The Morgan fingerprint density at radius 2 is 2.10 bits per heavy atom. The molecule has 0 heterocycles. The highest BCUT2D eigenvalue weighted by molar-refractivity contribution is 6.06. The number of aryl methyl sites for hydroxylation is 1. The average Bonchev–Trinajstić information content (AvgIpc) is 2.45. The first-order chi connectivity index (χ1) is 10.1. The summed E-state index contributed by atoms with van der Waals surface area (Å²) in [6.07, 6.45) is 0. The molecule has 0 aliphatic carbocycles. The number of phenolic OH excluding ortho intramolecular Hbond substituents is 1. The lowest BCUT2D eigenvalue weighted by molar-refractivity contribution is 0.102. The van der Waals surface area contributed by atoms with Gasteiger partial charge in [0.2, 0.25) is 0 Å². The average molecular weight is 286 g/mol. The molecule has 0 aliphatic rings. The third-order valence-corrected chi connectivity index (χ3v) is 2.88. The lowest BCUT2D eigenvalue weighted by atomic mass is 10.1. The molecule has 0 aliphatic heterocycles. The summed E-state index contributed by atoms with van der Waals surface area (Å²) in [7, 11) is 0. The number of phenols is 1. The van der Waals surface area contributed by atoms with Gasteiger partial charge < -0.3 is 20.9 Å². The number of benzene rings is 2. The number of amides is 1. The lowest BCUT2D eigenvalue weighted by Crippen LogP contribution is -2.13. The number of aromatic hydroxyl groups is 1. The van der Waals surface area contributed by atoms with Gasteiger partial charge in [-0.3, -0.25) is 4.79 Å². The summed E-state index contributed by atoms with van der Waals surface area (Å²) in [4.78, 5) is 12.1. The summed E-state index contributed by atoms with van der Waals surface area (Å²) in [6.45, 7) is 2.68. The van der Waals surface area contributed by atoms with E-state index in [0.29, 0.717) is 24.6 Å². The van der Waals surface area contributed by atoms with Gasteiger partial charge in [-0.05, 0) is 36.8 Å². The van der Waals surface area contributed by atoms with Gasteiger partial charge in [0.15, 0.2) is 0 Å². The zero-order valence-corrected chi connectivity index (χ0v) is 11.8. The molecule has 4 N–H and O–H groups in total. The Balaban J connectivity index is 2.12. The zero-order chi connectivity index (χ0) is 15.2. The van der Waals surface area contributed by atoms with E-state index in [9.17, 15) is 9.90 Å². The van der Waals surface area contributed by atoms with Crippen molar-refractivity contribution in [2.24, 2.45) is 5.73 Å². The van der Waals surface area contributed by atoms with Gasteiger partial charge in [0.1, 0.15) is 18.1 Å². The van der Waals surface area contributed by atoms with Crippen molar-refractivity contribution >= 4 is 11.6 Å². The van der Waals surface area contributed by atoms with Gasteiger partial charge in [-0.2, -0.15) is 0 Å². The van der Waals surface area contributed by atoms with Crippen molar-refractivity contribution in [1.29, 1.82) is 0 Å². The second kappa shape index (κ2) is 6.76. The van der Waals surface area contributed by atoms with Crippen LogP contribution in [-0.4, -0.2) is 24.2 Å². The normalized spacial score (nSPS) is 10.2. The van der Waals surface area contributed by atoms with E-state index >= 15 is 0 Å². The first-order valence-electron chi connectivity index (χ1n) is 6.64. The van der Waals surface area contributed by atoms with E-state index in [1.807, 2.05) is 6.92 Å². The standard InChI is InChI=1S/C16H18N2O3/c1-11-5-6-14(15(19)9-11)16(20)18-12-3-2-4-13(10-12)21-8-7-17/h2-6,9-10,19H,7-8,17H2,1H3,(H,18,20). The highest BCUT2D eigenvalue weighted by atomic mass is 16.5. The Morgan fingerprint density at radius 3 is 2.81 bits per heavy atom. The van der Waals surface area contributed by atoms with E-state index in [0.717, 1.165) is 5.56 Å². The van der Waals surface area contributed by atoms with Crippen molar-refractivity contribution in [3.8, 4) is 11.5 Å². The van der Waals surface area contributed by atoms with Gasteiger partial charge in [0.25, 0.3) is 5.91 Å². The van der Waals surface area contributed by atoms with Gasteiger partial charge in [0.05, 0.1) is 5.56 Å². The molecule has 5 heteroatoms. The Kier molecular flexibility index (Phi) is 4.79. The number of rotatable bonds is 5. The topological polar surface area (TPSA) is 84.6 Å². The number of ether oxygens (including phenoxy) is 1. The Hall–Kier alpha value is -2.53. The van der Waals surface area contributed by atoms with Crippen molar-refractivity contribution in [2.75, 3.05) is 18.5 Å². The molecule has 2 rings (SSSR count). The minimum atomic E-state index is -0.372. The number of nitrogens with two attached hydrogens (primary N) is 1. The molecule has 0 spiro atoms. The highest BCUT2D eigenvalue weighted by Crippen LogP contribution is 2.22. The predicted octanol–water partition coefficient (Wildman–Crippen LogP) is 2.29. The fraction of sp³-hybridized carbons (Fsp3) is 0.188. The fourth-order valence-electron chi connectivity index (χ4n) is 1.87. The van der Waals surface area contributed by atoms with Crippen molar-refractivity contribution in [1.82, 2.24) is 0 Å². The molecule has 2 aromatic rings. The third-order valence-electron chi connectivity index (χ3n) is 2.88. The molecular formula is C16H18N2O3. The molecule has 2 aromatic carbocycles. The van der Waals surface area contributed by atoms with E-state index in [1.54, 1.807) is 42.5 Å². The lowest BCUT2D eigenvalue weighted by Gasteiger charge is -2.09. The summed E-state index contributed by atoms with van der Waals surface area (Å²) in [5.41, 5.74) is 7.09. The minimum absolute atomic E-state index is 0.0389. The fourth-order valence-corrected chi connectivity index (χ4v) is 1.87. The van der Waals surface area contributed by atoms with E-state index < -0.39 is 0 Å². The van der Waals surface area contributed by atoms with Gasteiger partial charge in [0, 0.05) is 18.3 Å². The summed E-state index contributed by atoms with van der Waals surface area (Å²) in [5.74, 6) is 0.220. The van der Waals surface area contributed by atoms with Crippen LogP contribution in [0, 0.1) is 6.92 Å². The van der Waals surface area contributed by atoms with Crippen molar-refractivity contribution in [3.05, 3.63) is 53.6 Å². The number of hydrogen-bond acceptors (Lipinski definition) is 4. The number of nitrogens with one attached hydrogen (secondary N) is 1. The van der Waals surface area contributed by atoms with E-state index in [-0.39, 0.29) is 17.2 Å². The molecule has 0 atom stereocenters. The van der Waals surface area contributed by atoms with Crippen molar-refractivity contribution < 1.29 is 14.6 Å². The number of carbonyl (C=O) groups is 1. The van der Waals surface area contributed by atoms with Crippen LogP contribution in [0.1, 0.15) is 15.9 Å². The number of carbonyl (C=O) groups excluding carboxylic acids is 1. The van der Waals surface area contributed by atoms with Crippen LogP contribution in [-0.2, 0) is 0 Å². The third kappa shape index (κ3) is 3.97. The molecule has 0 aromatic heterocycles. The predicted molar refractivity (Wildman–Crippen MR) is 81.8 cm³/mol. The molecular weight excluding hydrogens is 268 g/mol. The van der Waals surface area contributed by atoms with Gasteiger partial charge in [-0.15, -0.1) is 0 Å². The summed E-state index contributed by atoms with van der Waals surface area (Å²) in [5, 5.41) is 12.5. The maximum absolute atomic E-state index is 12.1. The monoisotopic (exact) mass is 286 g/mol. The summed E-state index contributed by atoms with van der Waals surface area (Å²) < 4.78 is 5.40. The first-order valence-corrected chi connectivity index (χ1v) is 6.64. The molecule has 0 fully saturated rings. The molecule has 0 unspecified atom stereocenters. The van der Waals surface area contributed by atoms with Gasteiger partial charge >= 0.3 is 0 Å². The summed E-state index contributed by atoms with van der Waals surface area (Å²) >= 11 is 0. The minimum Gasteiger partial charge on any atom is -0.507 e. The highest BCUT2D eigenvalue weighted by Gasteiger charge is 2.11. The van der Waals surface area contributed by atoms with Gasteiger partial charge in [-0.25, -0.2) is 0 Å². The van der Waals surface area contributed by atoms with Crippen LogP contribution in [0.3, 0.4) is 0 Å². The van der Waals surface area contributed by atoms with Gasteiger partial charge in [-0.1, -0.05) is 12.1 Å². The van der Waals surface area contributed by atoms with Crippen LogP contribution in [0.2, 0.25) is 0 Å². The molecule has 0 radical (unpaired) electrons. The SMILES string of the molecule is Cc1ccc(C(=O)Nc2cccc(OCCN)c2)c(O)c1. The molecule has 5 nitrogen and oxygen atoms in total. The Morgan fingerprint density at radius 1 is 1.29 bits per heavy atom. The summed E-state index contributed by atoms with van der Waals surface area (Å²) in [6, 6.07) is 11.9. The number of hydrogen-bond donors (Lipinski definition) is 3. The van der Waals surface area contributed by atoms with Crippen LogP contribution < -0.4 is 15.8 Å². The van der Waals surface area contributed by atoms with Crippen LogP contribution in [0.4, 0.5) is 5.69 Å². The first kappa shape index (κ1) is 14.9. The zero-order valence-electron chi connectivity index (χ0n) is 11.8. The van der Waals surface area contributed by atoms with E-state index in [1.165, 1.54) is 0 Å². The van der Waals surface area contributed by atoms with Crippen molar-refractivity contribution in [3.63, 3.8) is 0 Å². The number of anilines is 1. The maximum Gasteiger partial charge on any atom is 0.259 e. The van der Waals surface area contributed by atoms with Crippen LogP contribution >= 0.6 is 0 Å². The quantitative estimate of drug-likeness (QED) is 0.787. The molecule has 0 saturated heterocycles. The molecule has 21 heavy (non-hydrogen) atoms. The molecule has 1 amide bonds. The van der Waals surface area contributed by atoms with Crippen molar-refractivity contribution in [2.45, 2.75) is 6.92 Å². The Labute approximate surface area is 123 Å². The molecule has 0 bridgehead atoms. The Bertz CT molecular complexity index is 641.